The number of hydrogen-bond acceptors (Lipinski definition) is 2. The minimum absolute atomic E-state index is 0.986. The van der Waals surface area contributed by atoms with Crippen molar-refractivity contribution >= 4 is 17.2 Å². The first kappa shape index (κ1) is 12.4. The van der Waals surface area contributed by atoms with E-state index in [4.69, 9.17) is 0 Å². The molecular weight excluding hydrogens is 222 g/mol. The van der Waals surface area contributed by atoms with E-state index in [0.717, 1.165) is 18.1 Å². The van der Waals surface area contributed by atoms with Gasteiger partial charge >= 0.3 is 0 Å². The molecule has 0 saturated heterocycles. The van der Waals surface area contributed by atoms with Crippen LogP contribution in [0.5, 0.6) is 0 Å². The number of aromatic nitrogens is 1. The number of anilines is 3. The highest BCUT2D eigenvalue weighted by molar-refractivity contribution is 5.73. The van der Waals surface area contributed by atoms with Crippen LogP contribution in [0.3, 0.4) is 0 Å². The molecule has 0 unspecified atom stereocenters. The zero-order valence-corrected chi connectivity index (χ0v) is 11.2. The van der Waals surface area contributed by atoms with Crippen LogP contribution in [0.2, 0.25) is 0 Å². The summed E-state index contributed by atoms with van der Waals surface area (Å²) in [6, 6.07) is 14.5. The maximum absolute atomic E-state index is 3.48. The van der Waals surface area contributed by atoms with E-state index in [2.05, 4.69) is 59.1 Å². The van der Waals surface area contributed by atoms with E-state index in [0.29, 0.717) is 0 Å². The average Bonchev–Trinajstić information content (AvgIpc) is 2.41. The lowest BCUT2D eigenvalue weighted by atomic mass is 10.2. The molecule has 1 aromatic heterocycles. The molecule has 0 aliphatic heterocycles. The Morgan fingerprint density at radius 2 is 1.83 bits per heavy atom. The smallest absolute Gasteiger partial charge is 0.279 e. The minimum atomic E-state index is 0.986. The lowest BCUT2D eigenvalue weighted by molar-refractivity contribution is -0.657. The van der Waals surface area contributed by atoms with E-state index in [1.807, 2.05) is 25.4 Å². The van der Waals surface area contributed by atoms with Crippen LogP contribution in [0.15, 0.2) is 48.7 Å². The molecule has 0 spiro atoms. The van der Waals surface area contributed by atoms with Gasteiger partial charge in [0.25, 0.3) is 5.82 Å². The topological polar surface area (TPSA) is 19.1 Å². The predicted octanol–water partition coefficient (Wildman–Crippen LogP) is 2.71. The SMILES string of the molecule is CCN(C)c1ccccc1Nc1cccc[n+]1C. The van der Waals surface area contributed by atoms with Crippen molar-refractivity contribution < 1.29 is 4.57 Å². The molecule has 3 heteroatoms. The minimum Gasteiger partial charge on any atom is -0.371 e. The first-order valence-corrected chi connectivity index (χ1v) is 6.24. The van der Waals surface area contributed by atoms with Gasteiger partial charge in [-0.3, -0.25) is 0 Å². The van der Waals surface area contributed by atoms with Crippen LogP contribution in [0.1, 0.15) is 6.92 Å². The van der Waals surface area contributed by atoms with Crippen molar-refractivity contribution in [2.24, 2.45) is 7.05 Å². The van der Waals surface area contributed by atoms with Crippen LogP contribution in [0.25, 0.3) is 0 Å². The highest BCUT2D eigenvalue weighted by Crippen LogP contribution is 2.26. The number of hydrogen-bond donors (Lipinski definition) is 1. The van der Waals surface area contributed by atoms with Gasteiger partial charge in [-0.1, -0.05) is 18.2 Å². The Labute approximate surface area is 109 Å². The second-order valence-electron chi connectivity index (χ2n) is 4.35. The molecule has 2 rings (SSSR count). The second-order valence-corrected chi connectivity index (χ2v) is 4.35. The molecule has 0 saturated carbocycles. The molecule has 2 aromatic rings. The third kappa shape index (κ3) is 2.62. The summed E-state index contributed by atoms with van der Waals surface area (Å²) in [5.74, 6) is 1.08. The van der Waals surface area contributed by atoms with Crippen LogP contribution in [0, 0.1) is 0 Å². The van der Waals surface area contributed by atoms with Crippen LogP contribution >= 0.6 is 0 Å². The monoisotopic (exact) mass is 242 g/mol. The molecule has 1 heterocycles. The molecule has 94 valence electrons. The fourth-order valence-corrected chi connectivity index (χ4v) is 1.87. The number of para-hydroxylation sites is 2. The summed E-state index contributed by atoms with van der Waals surface area (Å²) in [6.45, 7) is 3.14. The Morgan fingerprint density at radius 3 is 2.56 bits per heavy atom. The Hall–Kier alpha value is -2.03. The van der Waals surface area contributed by atoms with Crippen molar-refractivity contribution in [2.45, 2.75) is 6.92 Å². The van der Waals surface area contributed by atoms with Gasteiger partial charge in [0.1, 0.15) is 5.69 Å². The molecule has 0 aliphatic rings. The van der Waals surface area contributed by atoms with Gasteiger partial charge in [0.05, 0.1) is 18.9 Å². The number of aryl methyl sites for hydroxylation is 1. The van der Waals surface area contributed by atoms with Crippen molar-refractivity contribution in [3.05, 3.63) is 48.7 Å². The van der Waals surface area contributed by atoms with Gasteiger partial charge in [-0.25, -0.2) is 9.88 Å². The van der Waals surface area contributed by atoms with E-state index in [-0.39, 0.29) is 0 Å². The van der Waals surface area contributed by atoms with Crippen molar-refractivity contribution in [2.75, 3.05) is 23.8 Å². The molecule has 3 nitrogen and oxygen atoms in total. The van der Waals surface area contributed by atoms with Crippen LogP contribution in [0.4, 0.5) is 17.2 Å². The van der Waals surface area contributed by atoms with E-state index < -0.39 is 0 Å². The van der Waals surface area contributed by atoms with Crippen molar-refractivity contribution in [1.82, 2.24) is 0 Å². The van der Waals surface area contributed by atoms with Gasteiger partial charge in [-0.05, 0) is 25.1 Å². The fourth-order valence-electron chi connectivity index (χ4n) is 1.87. The Balaban J connectivity index is 2.32. The number of nitrogens with zero attached hydrogens (tertiary/aromatic N) is 2. The third-order valence-corrected chi connectivity index (χ3v) is 3.11. The third-order valence-electron chi connectivity index (χ3n) is 3.11. The van der Waals surface area contributed by atoms with E-state index in [1.54, 1.807) is 0 Å². The Kier molecular flexibility index (Phi) is 3.82. The van der Waals surface area contributed by atoms with E-state index in [9.17, 15) is 0 Å². The summed E-state index contributed by atoms with van der Waals surface area (Å²) in [5.41, 5.74) is 2.34. The number of benzene rings is 1. The number of nitrogens with one attached hydrogen (secondary N) is 1. The molecule has 0 bridgehead atoms. The van der Waals surface area contributed by atoms with Gasteiger partial charge in [-0.2, -0.15) is 0 Å². The van der Waals surface area contributed by atoms with Crippen LogP contribution < -0.4 is 14.8 Å². The lowest BCUT2D eigenvalue weighted by Gasteiger charge is -2.18. The molecule has 0 aliphatic carbocycles. The predicted molar refractivity (Wildman–Crippen MR) is 76.3 cm³/mol. The molecule has 0 amide bonds. The normalized spacial score (nSPS) is 10.2. The fraction of sp³-hybridized carbons (Fsp3) is 0.267. The summed E-state index contributed by atoms with van der Waals surface area (Å²) in [7, 11) is 4.14. The molecule has 1 aromatic carbocycles. The number of rotatable bonds is 4. The first-order chi connectivity index (χ1) is 8.72. The van der Waals surface area contributed by atoms with Crippen molar-refractivity contribution in [3.8, 4) is 0 Å². The van der Waals surface area contributed by atoms with E-state index in [1.165, 1.54) is 5.69 Å². The van der Waals surface area contributed by atoms with Gasteiger partial charge in [-0.15, -0.1) is 0 Å². The van der Waals surface area contributed by atoms with Gasteiger partial charge in [0, 0.05) is 19.7 Å². The first-order valence-electron chi connectivity index (χ1n) is 6.24. The second kappa shape index (κ2) is 5.54. The van der Waals surface area contributed by atoms with E-state index >= 15 is 0 Å². The lowest BCUT2D eigenvalue weighted by Crippen LogP contribution is -2.31. The standard InChI is InChI=1S/C15H19N3/c1-4-17(2)14-10-6-5-9-13(14)16-15-11-7-8-12-18(15)3/h5-12H,4H2,1-3H3/p+1. The Morgan fingerprint density at radius 1 is 1.11 bits per heavy atom. The van der Waals surface area contributed by atoms with Crippen molar-refractivity contribution in [1.29, 1.82) is 0 Å². The molecule has 1 N–H and O–H groups in total. The van der Waals surface area contributed by atoms with Gasteiger partial charge in [0.15, 0.2) is 0 Å². The summed E-state index contributed by atoms with van der Waals surface area (Å²) in [4.78, 5) is 2.23. The number of pyridine rings is 1. The highest BCUT2D eigenvalue weighted by Gasteiger charge is 2.11. The summed E-state index contributed by atoms with van der Waals surface area (Å²) < 4.78 is 2.07. The highest BCUT2D eigenvalue weighted by atomic mass is 15.1. The molecular formula is C15H20N3+. The summed E-state index contributed by atoms with van der Waals surface area (Å²) >= 11 is 0. The van der Waals surface area contributed by atoms with Crippen molar-refractivity contribution in [3.63, 3.8) is 0 Å². The molecule has 0 atom stereocenters. The maximum Gasteiger partial charge on any atom is 0.279 e. The molecule has 0 radical (unpaired) electrons. The van der Waals surface area contributed by atoms with Crippen LogP contribution in [-0.2, 0) is 7.05 Å². The summed E-state index contributed by atoms with van der Waals surface area (Å²) in [6.07, 6.45) is 2.04. The molecule has 18 heavy (non-hydrogen) atoms. The average molecular weight is 242 g/mol. The largest absolute Gasteiger partial charge is 0.371 e. The maximum atomic E-state index is 3.48. The quantitative estimate of drug-likeness (QED) is 0.831. The van der Waals surface area contributed by atoms with Gasteiger partial charge in [0.2, 0.25) is 0 Å². The van der Waals surface area contributed by atoms with Gasteiger partial charge < -0.3 is 4.90 Å². The van der Waals surface area contributed by atoms with Crippen LogP contribution in [-0.4, -0.2) is 13.6 Å². The molecule has 0 fully saturated rings. The zero-order valence-electron chi connectivity index (χ0n) is 11.2. The zero-order chi connectivity index (χ0) is 13.0. The Bertz CT molecular complexity index is 523. The summed E-state index contributed by atoms with van der Waals surface area (Å²) in [5, 5.41) is 3.48.